The molecule has 1 aromatic rings. The predicted octanol–water partition coefficient (Wildman–Crippen LogP) is 4.64. The van der Waals surface area contributed by atoms with Gasteiger partial charge in [0.25, 0.3) is 0 Å². The highest BCUT2D eigenvalue weighted by Crippen LogP contribution is 2.18. The first-order chi connectivity index (χ1) is 7.33. The SMILES string of the molecule is CCCCS/C=C(/Cl)Oc1ccccc1. The maximum atomic E-state index is 5.91. The topological polar surface area (TPSA) is 9.23 Å². The van der Waals surface area contributed by atoms with Gasteiger partial charge in [0, 0.05) is 5.41 Å². The van der Waals surface area contributed by atoms with Gasteiger partial charge in [-0.15, -0.1) is 11.8 Å². The fourth-order valence-electron chi connectivity index (χ4n) is 0.977. The van der Waals surface area contributed by atoms with Crippen molar-refractivity contribution in [3.05, 3.63) is 41.0 Å². The molecule has 0 fully saturated rings. The second-order valence-electron chi connectivity index (χ2n) is 3.06. The fraction of sp³-hybridized carbons (Fsp3) is 0.333. The van der Waals surface area contributed by atoms with Gasteiger partial charge < -0.3 is 4.74 Å². The van der Waals surface area contributed by atoms with Gasteiger partial charge in [0.1, 0.15) is 5.75 Å². The van der Waals surface area contributed by atoms with Gasteiger partial charge in [0.15, 0.2) is 5.22 Å². The summed E-state index contributed by atoms with van der Waals surface area (Å²) in [6.07, 6.45) is 2.41. The van der Waals surface area contributed by atoms with Crippen LogP contribution < -0.4 is 4.74 Å². The molecule has 0 aliphatic carbocycles. The van der Waals surface area contributed by atoms with Crippen LogP contribution in [0, 0.1) is 0 Å². The smallest absolute Gasteiger partial charge is 0.200 e. The summed E-state index contributed by atoms with van der Waals surface area (Å²) >= 11 is 7.60. The molecule has 0 heterocycles. The molecule has 0 saturated carbocycles. The normalized spacial score (nSPS) is 11.5. The van der Waals surface area contributed by atoms with Crippen molar-refractivity contribution in [1.82, 2.24) is 0 Å². The van der Waals surface area contributed by atoms with E-state index in [-0.39, 0.29) is 0 Å². The van der Waals surface area contributed by atoms with Crippen molar-refractivity contribution in [2.45, 2.75) is 19.8 Å². The van der Waals surface area contributed by atoms with Crippen LogP contribution in [0.25, 0.3) is 0 Å². The number of para-hydroxylation sites is 1. The average molecular weight is 243 g/mol. The van der Waals surface area contributed by atoms with Crippen molar-refractivity contribution in [2.75, 3.05) is 5.75 Å². The predicted molar refractivity (Wildman–Crippen MR) is 68.4 cm³/mol. The second kappa shape index (κ2) is 7.66. The van der Waals surface area contributed by atoms with Crippen LogP contribution in [0.1, 0.15) is 19.8 Å². The quantitative estimate of drug-likeness (QED) is 0.531. The van der Waals surface area contributed by atoms with Crippen LogP contribution in [-0.2, 0) is 0 Å². The van der Waals surface area contributed by atoms with Crippen LogP contribution in [0.3, 0.4) is 0 Å². The van der Waals surface area contributed by atoms with Gasteiger partial charge in [-0.25, -0.2) is 0 Å². The number of rotatable bonds is 6. The highest BCUT2D eigenvalue weighted by molar-refractivity contribution is 8.02. The van der Waals surface area contributed by atoms with Crippen molar-refractivity contribution in [3.63, 3.8) is 0 Å². The molecule has 1 aromatic carbocycles. The summed E-state index contributed by atoms with van der Waals surface area (Å²) in [6, 6.07) is 9.55. The van der Waals surface area contributed by atoms with E-state index < -0.39 is 0 Å². The summed E-state index contributed by atoms with van der Waals surface area (Å²) in [5, 5.41) is 2.28. The Morgan fingerprint density at radius 2 is 2.13 bits per heavy atom. The van der Waals surface area contributed by atoms with Crippen LogP contribution in [-0.4, -0.2) is 5.75 Å². The minimum absolute atomic E-state index is 0.433. The number of unbranched alkanes of at least 4 members (excludes halogenated alkanes) is 1. The van der Waals surface area contributed by atoms with E-state index in [0.29, 0.717) is 5.22 Å². The van der Waals surface area contributed by atoms with Gasteiger partial charge in [-0.2, -0.15) is 0 Å². The van der Waals surface area contributed by atoms with E-state index in [1.54, 1.807) is 11.8 Å². The molecule has 1 rings (SSSR count). The Morgan fingerprint density at radius 1 is 1.40 bits per heavy atom. The van der Waals surface area contributed by atoms with Crippen molar-refractivity contribution in [3.8, 4) is 5.75 Å². The van der Waals surface area contributed by atoms with Gasteiger partial charge in [-0.05, 0) is 35.9 Å². The Hall–Kier alpha value is -0.600. The van der Waals surface area contributed by atoms with E-state index in [1.807, 2.05) is 35.7 Å². The lowest BCUT2D eigenvalue weighted by Crippen LogP contribution is -1.87. The molecule has 3 heteroatoms. The number of ether oxygens (including phenoxy) is 1. The molecule has 0 N–H and O–H groups in total. The van der Waals surface area contributed by atoms with Crippen LogP contribution >= 0.6 is 23.4 Å². The Labute approximate surface area is 100 Å². The van der Waals surface area contributed by atoms with E-state index in [1.165, 1.54) is 12.8 Å². The largest absolute Gasteiger partial charge is 0.445 e. The van der Waals surface area contributed by atoms with Crippen molar-refractivity contribution < 1.29 is 4.74 Å². The zero-order valence-electron chi connectivity index (χ0n) is 8.78. The molecular weight excluding hydrogens is 228 g/mol. The first-order valence-electron chi connectivity index (χ1n) is 5.03. The maximum absolute atomic E-state index is 5.91. The van der Waals surface area contributed by atoms with Crippen LogP contribution in [0.2, 0.25) is 0 Å². The third kappa shape index (κ3) is 5.75. The summed E-state index contributed by atoms with van der Waals surface area (Å²) in [6.45, 7) is 2.17. The third-order valence-electron chi connectivity index (χ3n) is 1.75. The molecule has 0 aliphatic rings. The van der Waals surface area contributed by atoms with Gasteiger partial charge in [0.05, 0.1) is 0 Å². The number of benzene rings is 1. The molecule has 0 aromatic heterocycles. The van der Waals surface area contributed by atoms with Crippen LogP contribution in [0.5, 0.6) is 5.75 Å². The van der Waals surface area contributed by atoms with E-state index in [4.69, 9.17) is 16.3 Å². The Balaban J connectivity index is 2.32. The average Bonchev–Trinajstić information content (AvgIpc) is 2.26. The molecule has 82 valence electrons. The first-order valence-corrected chi connectivity index (χ1v) is 6.45. The monoisotopic (exact) mass is 242 g/mol. The van der Waals surface area contributed by atoms with Crippen LogP contribution in [0.4, 0.5) is 0 Å². The highest BCUT2D eigenvalue weighted by Gasteiger charge is 1.95. The Bertz CT molecular complexity index is 298. The summed E-state index contributed by atoms with van der Waals surface area (Å²) in [5.41, 5.74) is 0. The molecule has 0 atom stereocenters. The zero-order chi connectivity index (χ0) is 10.9. The maximum Gasteiger partial charge on any atom is 0.200 e. The van der Waals surface area contributed by atoms with E-state index in [0.717, 1.165) is 11.5 Å². The highest BCUT2D eigenvalue weighted by atomic mass is 35.5. The lowest BCUT2D eigenvalue weighted by atomic mass is 10.3. The molecule has 0 bridgehead atoms. The van der Waals surface area contributed by atoms with Crippen LogP contribution in [0.15, 0.2) is 41.0 Å². The summed E-state index contributed by atoms with van der Waals surface area (Å²) in [4.78, 5) is 0. The molecule has 0 saturated heterocycles. The molecule has 0 amide bonds. The van der Waals surface area contributed by atoms with Gasteiger partial charge in [0.2, 0.25) is 0 Å². The first kappa shape index (κ1) is 12.5. The lowest BCUT2D eigenvalue weighted by molar-refractivity contribution is 0.464. The van der Waals surface area contributed by atoms with E-state index in [2.05, 4.69) is 6.92 Å². The fourth-order valence-corrected chi connectivity index (χ4v) is 2.01. The van der Waals surface area contributed by atoms with E-state index >= 15 is 0 Å². The van der Waals surface area contributed by atoms with Crippen molar-refractivity contribution in [2.24, 2.45) is 0 Å². The molecule has 15 heavy (non-hydrogen) atoms. The molecule has 0 unspecified atom stereocenters. The molecule has 1 nitrogen and oxygen atoms in total. The minimum atomic E-state index is 0.433. The Kier molecular flexibility index (Phi) is 6.37. The van der Waals surface area contributed by atoms with Gasteiger partial charge in [-0.1, -0.05) is 31.5 Å². The number of halogens is 1. The zero-order valence-corrected chi connectivity index (χ0v) is 10.4. The molecule has 0 aliphatic heterocycles. The standard InChI is InChI=1S/C12H15ClOS/c1-2-3-9-15-10-12(13)14-11-7-5-4-6-8-11/h4-8,10H,2-3,9H2,1H3/b12-10-. The van der Waals surface area contributed by atoms with Crippen molar-refractivity contribution >= 4 is 23.4 Å². The van der Waals surface area contributed by atoms with E-state index in [9.17, 15) is 0 Å². The lowest BCUT2D eigenvalue weighted by Gasteiger charge is -2.02. The van der Waals surface area contributed by atoms with Crippen molar-refractivity contribution in [1.29, 1.82) is 0 Å². The van der Waals surface area contributed by atoms with Gasteiger partial charge in [-0.3, -0.25) is 0 Å². The second-order valence-corrected chi connectivity index (χ2v) is 4.41. The Morgan fingerprint density at radius 3 is 2.80 bits per heavy atom. The number of thioether (sulfide) groups is 1. The summed E-state index contributed by atoms with van der Waals surface area (Å²) in [5.74, 6) is 1.86. The number of hydrogen-bond acceptors (Lipinski definition) is 2. The third-order valence-corrected chi connectivity index (χ3v) is 2.97. The summed E-state index contributed by atoms with van der Waals surface area (Å²) < 4.78 is 5.40. The minimum Gasteiger partial charge on any atom is -0.445 e. The van der Waals surface area contributed by atoms with Gasteiger partial charge >= 0.3 is 0 Å². The molecular formula is C12H15ClOS. The molecule has 0 spiro atoms. The number of hydrogen-bond donors (Lipinski definition) is 0. The molecule has 0 radical (unpaired) electrons. The summed E-state index contributed by atoms with van der Waals surface area (Å²) in [7, 11) is 0.